The maximum atomic E-state index is 10.7. The third-order valence-electron chi connectivity index (χ3n) is 2.70. The molecule has 3 heteroatoms. The van der Waals surface area contributed by atoms with Gasteiger partial charge in [0.25, 0.3) is 0 Å². The average Bonchev–Trinajstić information content (AvgIpc) is 2.52. The second-order valence-electron chi connectivity index (χ2n) is 3.48. The van der Waals surface area contributed by atoms with Gasteiger partial charge < -0.3 is 9.90 Å². The van der Waals surface area contributed by atoms with Crippen LogP contribution in [0.4, 0.5) is 0 Å². The summed E-state index contributed by atoms with van der Waals surface area (Å²) < 4.78 is 0. The molecule has 1 fully saturated rings. The highest BCUT2D eigenvalue weighted by atomic mass is 16.4. The van der Waals surface area contributed by atoms with Gasteiger partial charge in [0.15, 0.2) is 0 Å². The van der Waals surface area contributed by atoms with Crippen molar-refractivity contribution in [2.24, 2.45) is 11.8 Å². The van der Waals surface area contributed by atoms with Gasteiger partial charge in [0.2, 0.25) is 0 Å². The molecule has 1 saturated carbocycles. The Labute approximate surface area is 77.7 Å². The molecule has 2 atom stereocenters. The van der Waals surface area contributed by atoms with Gasteiger partial charge in [-0.15, -0.1) is 0 Å². The van der Waals surface area contributed by atoms with E-state index in [4.69, 9.17) is 5.26 Å². The Morgan fingerprint density at radius 2 is 2.15 bits per heavy atom. The summed E-state index contributed by atoms with van der Waals surface area (Å²) in [5, 5.41) is 19.1. The summed E-state index contributed by atoms with van der Waals surface area (Å²) in [5.74, 6) is -1.34. The Kier molecular flexibility index (Phi) is 3.07. The lowest BCUT2D eigenvalue weighted by Crippen LogP contribution is -2.33. The molecule has 0 bridgehead atoms. The molecule has 0 spiro atoms. The van der Waals surface area contributed by atoms with E-state index in [-0.39, 0.29) is 11.8 Å². The molecule has 0 N–H and O–H groups in total. The van der Waals surface area contributed by atoms with Crippen LogP contribution in [0.1, 0.15) is 26.2 Å². The minimum Gasteiger partial charge on any atom is -0.550 e. The lowest BCUT2D eigenvalue weighted by atomic mass is 9.89. The van der Waals surface area contributed by atoms with Gasteiger partial charge in [-0.25, -0.2) is 0 Å². The summed E-state index contributed by atoms with van der Waals surface area (Å²) in [4.78, 5) is 10.7. The van der Waals surface area contributed by atoms with Crippen LogP contribution in [0.25, 0.3) is 0 Å². The van der Waals surface area contributed by atoms with Crippen molar-refractivity contribution in [3.63, 3.8) is 0 Å². The maximum absolute atomic E-state index is 10.7. The third kappa shape index (κ3) is 2.09. The molecule has 0 aromatic carbocycles. The highest BCUT2D eigenvalue weighted by Crippen LogP contribution is 2.36. The fourth-order valence-corrected chi connectivity index (χ4v) is 2.00. The lowest BCUT2D eigenvalue weighted by molar-refractivity contribution is -0.312. The second kappa shape index (κ2) is 4.08. The molecule has 13 heavy (non-hydrogen) atoms. The largest absolute Gasteiger partial charge is 0.550 e. The molecule has 0 saturated heterocycles. The monoisotopic (exact) mass is 178 g/mol. The summed E-state index contributed by atoms with van der Waals surface area (Å²) >= 11 is 0. The highest BCUT2D eigenvalue weighted by molar-refractivity contribution is 5.69. The van der Waals surface area contributed by atoms with Crippen molar-refractivity contribution in [2.75, 3.05) is 0 Å². The maximum Gasteiger partial charge on any atom is 0.0911 e. The Hall–Kier alpha value is -1.30. The third-order valence-corrected chi connectivity index (χ3v) is 2.70. The van der Waals surface area contributed by atoms with Crippen LogP contribution in [0, 0.1) is 23.2 Å². The first-order valence-electron chi connectivity index (χ1n) is 4.44. The van der Waals surface area contributed by atoms with E-state index in [1.807, 2.05) is 13.0 Å². The van der Waals surface area contributed by atoms with E-state index in [0.29, 0.717) is 6.42 Å². The van der Waals surface area contributed by atoms with Crippen molar-refractivity contribution >= 4 is 5.97 Å². The van der Waals surface area contributed by atoms with Crippen LogP contribution >= 0.6 is 0 Å². The van der Waals surface area contributed by atoms with Crippen LogP contribution in [0.2, 0.25) is 0 Å². The fourth-order valence-electron chi connectivity index (χ4n) is 2.00. The van der Waals surface area contributed by atoms with Gasteiger partial charge in [0.1, 0.15) is 0 Å². The zero-order valence-electron chi connectivity index (χ0n) is 7.62. The number of carbonyl (C=O) groups excluding carboxylic acids is 1. The van der Waals surface area contributed by atoms with E-state index in [9.17, 15) is 9.90 Å². The Morgan fingerprint density at radius 3 is 2.69 bits per heavy atom. The summed E-state index contributed by atoms with van der Waals surface area (Å²) in [6, 6.07) is 1.93. The summed E-state index contributed by atoms with van der Waals surface area (Å²) in [7, 11) is 0. The van der Waals surface area contributed by atoms with E-state index >= 15 is 0 Å². The summed E-state index contributed by atoms with van der Waals surface area (Å²) in [6.45, 7) is 1.81. The van der Waals surface area contributed by atoms with Crippen LogP contribution in [-0.4, -0.2) is 5.97 Å². The highest BCUT2D eigenvalue weighted by Gasteiger charge is 2.29. The zero-order valence-corrected chi connectivity index (χ0v) is 7.62. The van der Waals surface area contributed by atoms with Crippen molar-refractivity contribution in [2.45, 2.75) is 26.2 Å². The van der Waals surface area contributed by atoms with E-state index < -0.39 is 5.97 Å². The summed E-state index contributed by atoms with van der Waals surface area (Å²) in [5.41, 5.74) is 0.870. The molecule has 1 aliphatic carbocycles. The Bertz CT molecular complexity index is 275. The van der Waals surface area contributed by atoms with Crippen molar-refractivity contribution in [1.29, 1.82) is 5.26 Å². The molecule has 0 aliphatic heterocycles. The van der Waals surface area contributed by atoms with Crippen molar-refractivity contribution in [3.05, 3.63) is 11.6 Å². The number of carboxylic acid groups (broad SMARTS) is 1. The fraction of sp³-hybridized carbons (Fsp3) is 0.600. The first kappa shape index (κ1) is 9.79. The second-order valence-corrected chi connectivity index (χ2v) is 3.48. The van der Waals surface area contributed by atoms with Gasteiger partial charge in [0, 0.05) is 18.0 Å². The molecular weight excluding hydrogens is 166 g/mol. The molecule has 0 radical (unpaired) electrons. The van der Waals surface area contributed by atoms with Gasteiger partial charge in [0.05, 0.1) is 6.07 Å². The van der Waals surface area contributed by atoms with Crippen LogP contribution < -0.4 is 5.11 Å². The molecule has 0 amide bonds. The molecule has 1 rings (SSSR count). The quantitative estimate of drug-likeness (QED) is 0.582. The van der Waals surface area contributed by atoms with Crippen molar-refractivity contribution < 1.29 is 9.90 Å². The topological polar surface area (TPSA) is 63.9 Å². The molecule has 2 unspecified atom stereocenters. The standard InChI is InChI=1S/C10H13NO2/c1-7(5-6-11)8-3-2-4-9(8)10(12)13/h5,8-9H,2-4H2,1H3,(H,12,13)/p-1/b7-5-. The van der Waals surface area contributed by atoms with Gasteiger partial charge in [-0.05, 0) is 25.7 Å². The number of rotatable bonds is 2. The summed E-state index contributed by atoms with van der Waals surface area (Å²) in [6.07, 6.45) is 3.90. The van der Waals surface area contributed by atoms with Crippen LogP contribution in [-0.2, 0) is 4.79 Å². The normalized spacial score (nSPS) is 28.5. The number of nitriles is 1. The van der Waals surface area contributed by atoms with Gasteiger partial charge in [-0.3, -0.25) is 0 Å². The number of carboxylic acids is 1. The van der Waals surface area contributed by atoms with Gasteiger partial charge in [-0.2, -0.15) is 5.26 Å². The number of allylic oxidation sites excluding steroid dienone is 2. The number of hydrogen-bond donors (Lipinski definition) is 0. The van der Waals surface area contributed by atoms with Crippen molar-refractivity contribution in [3.8, 4) is 6.07 Å². The predicted molar refractivity (Wildman–Crippen MR) is 45.2 cm³/mol. The minimum atomic E-state index is -0.979. The molecule has 70 valence electrons. The molecule has 1 aliphatic rings. The Balaban J connectivity index is 2.75. The first-order valence-corrected chi connectivity index (χ1v) is 4.44. The van der Waals surface area contributed by atoms with Crippen molar-refractivity contribution in [1.82, 2.24) is 0 Å². The molecule has 3 nitrogen and oxygen atoms in total. The smallest absolute Gasteiger partial charge is 0.0911 e. The SMILES string of the molecule is C/C(=C/C#N)C1CCCC1C(=O)[O-]. The van der Waals surface area contributed by atoms with Crippen LogP contribution in [0.5, 0.6) is 0 Å². The first-order chi connectivity index (χ1) is 6.16. The molecule has 0 aromatic heterocycles. The number of carbonyl (C=O) groups is 1. The van der Waals surface area contributed by atoms with E-state index in [2.05, 4.69) is 0 Å². The van der Waals surface area contributed by atoms with Gasteiger partial charge in [-0.1, -0.05) is 12.0 Å². The lowest BCUT2D eigenvalue weighted by Gasteiger charge is -2.20. The zero-order chi connectivity index (χ0) is 9.84. The van der Waals surface area contributed by atoms with Crippen LogP contribution in [0.3, 0.4) is 0 Å². The Morgan fingerprint density at radius 1 is 1.54 bits per heavy atom. The van der Waals surface area contributed by atoms with E-state index in [1.54, 1.807) is 0 Å². The number of hydrogen-bond acceptors (Lipinski definition) is 3. The van der Waals surface area contributed by atoms with E-state index in [0.717, 1.165) is 18.4 Å². The minimum absolute atomic E-state index is 0.0182. The number of nitrogens with zero attached hydrogens (tertiary/aromatic N) is 1. The van der Waals surface area contributed by atoms with Gasteiger partial charge >= 0.3 is 0 Å². The van der Waals surface area contributed by atoms with E-state index in [1.165, 1.54) is 6.08 Å². The predicted octanol–water partition coefficient (Wildman–Crippen LogP) is 0.622. The average molecular weight is 178 g/mol. The molecular formula is C10H12NO2-. The molecule has 0 heterocycles. The van der Waals surface area contributed by atoms with Crippen LogP contribution in [0.15, 0.2) is 11.6 Å². The number of aliphatic carboxylic acids is 1. The molecule has 0 aromatic rings.